The molecule has 152 valence electrons. The van der Waals surface area contributed by atoms with Gasteiger partial charge in [0.15, 0.2) is 0 Å². The number of carboxylic acid groups (broad SMARTS) is 1. The lowest BCUT2D eigenvalue weighted by atomic mass is 9.95. The van der Waals surface area contributed by atoms with E-state index in [1.165, 1.54) is 10.4 Å². The zero-order valence-electron chi connectivity index (χ0n) is 17.8. The molecular formula is C24H34O3Si. The Morgan fingerprint density at radius 3 is 1.82 bits per heavy atom. The molecule has 2 aromatic carbocycles. The molecule has 2 atom stereocenters. The molecule has 28 heavy (non-hydrogen) atoms. The van der Waals surface area contributed by atoms with Crippen molar-refractivity contribution in [3.8, 4) is 0 Å². The summed E-state index contributed by atoms with van der Waals surface area (Å²) in [7, 11) is -2.49. The number of carboxylic acids is 1. The minimum atomic E-state index is -2.49. The maximum atomic E-state index is 11.1. The van der Waals surface area contributed by atoms with Crippen LogP contribution in [0, 0.1) is 11.8 Å². The van der Waals surface area contributed by atoms with E-state index in [2.05, 4.69) is 76.2 Å². The van der Waals surface area contributed by atoms with Crippen LogP contribution in [-0.2, 0) is 9.22 Å². The second-order valence-electron chi connectivity index (χ2n) is 8.88. The molecule has 0 aromatic heterocycles. The zero-order valence-corrected chi connectivity index (χ0v) is 18.8. The van der Waals surface area contributed by atoms with E-state index >= 15 is 0 Å². The number of carbonyl (C=O) groups is 1. The van der Waals surface area contributed by atoms with Gasteiger partial charge in [0.2, 0.25) is 0 Å². The third kappa shape index (κ3) is 5.12. The summed E-state index contributed by atoms with van der Waals surface area (Å²) in [6.07, 6.45) is 1.54. The molecule has 0 spiro atoms. The zero-order chi connectivity index (χ0) is 20.8. The molecular weight excluding hydrogens is 364 g/mol. The first-order valence-corrected chi connectivity index (χ1v) is 12.1. The predicted molar refractivity (Wildman–Crippen MR) is 119 cm³/mol. The molecule has 0 radical (unpaired) electrons. The lowest BCUT2D eigenvalue weighted by Crippen LogP contribution is -2.66. The third-order valence-corrected chi connectivity index (χ3v) is 10.6. The van der Waals surface area contributed by atoms with E-state index in [9.17, 15) is 4.79 Å². The van der Waals surface area contributed by atoms with Crippen molar-refractivity contribution in [2.75, 3.05) is 6.61 Å². The summed E-state index contributed by atoms with van der Waals surface area (Å²) in [6.45, 7) is 11.4. The first-order valence-electron chi connectivity index (χ1n) is 10.2. The second-order valence-corrected chi connectivity index (χ2v) is 13.2. The summed E-state index contributed by atoms with van der Waals surface area (Å²) in [5.74, 6) is -0.730. The summed E-state index contributed by atoms with van der Waals surface area (Å²) >= 11 is 0. The third-order valence-electron chi connectivity index (χ3n) is 5.52. The van der Waals surface area contributed by atoms with E-state index in [-0.39, 0.29) is 11.0 Å². The quantitative estimate of drug-likeness (QED) is 0.623. The van der Waals surface area contributed by atoms with Crippen molar-refractivity contribution in [2.24, 2.45) is 11.8 Å². The normalized spacial score (nSPS) is 14.5. The van der Waals surface area contributed by atoms with Crippen LogP contribution in [-0.4, -0.2) is 26.0 Å². The van der Waals surface area contributed by atoms with Gasteiger partial charge in [-0.05, 0) is 34.2 Å². The smallest absolute Gasteiger partial charge is 0.306 e. The van der Waals surface area contributed by atoms with Crippen molar-refractivity contribution >= 4 is 24.7 Å². The molecule has 0 fully saturated rings. The molecule has 1 N–H and O–H groups in total. The summed E-state index contributed by atoms with van der Waals surface area (Å²) in [4.78, 5) is 11.1. The fraction of sp³-hybridized carbons (Fsp3) is 0.458. The van der Waals surface area contributed by atoms with Crippen molar-refractivity contribution in [2.45, 2.75) is 52.5 Å². The van der Waals surface area contributed by atoms with Gasteiger partial charge in [0, 0.05) is 6.61 Å². The minimum Gasteiger partial charge on any atom is -0.481 e. The Morgan fingerprint density at radius 1 is 0.964 bits per heavy atom. The molecule has 0 bridgehead atoms. The Morgan fingerprint density at radius 2 is 1.43 bits per heavy atom. The number of aliphatic carboxylic acids is 1. The fourth-order valence-electron chi connectivity index (χ4n) is 4.00. The van der Waals surface area contributed by atoms with Crippen LogP contribution in [0.3, 0.4) is 0 Å². The molecule has 0 aliphatic rings. The maximum Gasteiger partial charge on any atom is 0.306 e. The molecule has 0 aliphatic carbocycles. The van der Waals surface area contributed by atoms with Gasteiger partial charge in [-0.2, -0.15) is 0 Å². The van der Waals surface area contributed by atoms with Gasteiger partial charge in [0.05, 0.1) is 5.92 Å². The number of hydrogen-bond acceptors (Lipinski definition) is 2. The van der Waals surface area contributed by atoms with Gasteiger partial charge in [0.1, 0.15) is 0 Å². The Balaban J connectivity index is 2.30. The van der Waals surface area contributed by atoms with Crippen LogP contribution in [0.2, 0.25) is 5.04 Å². The molecule has 0 saturated carbocycles. The van der Waals surface area contributed by atoms with E-state index < -0.39 is 14.3 Å². The SMILES string of the molecule is C[C@H](CCO[Si](c1ccccc1)(c1ccccc1)C(C)(C)C)C[C@@H](C)C(=O)O. The van der Waals surface area contributed by atoms with Crippen molar-refractivity contribution in [1.82, 2.24) is 0 Å². The summed E-state index contributed by atoms with van der Waals surface area (Å²) in [6, 6.07) is 21.2. The van der Waals surface area contributed by atoms with E-state index in [1.807, 2.05) is 12.1 Å². The monoisotopic (exact) mass is 398 g/mol. The Hall–Kier alpha value is -1.91. The van der Waals surface area contributed by atoms with Crippen molar-refractivity contribution in [3.05, 3.63) is 60.7 Å². The average Bonchev–Trinajstić information content (AvgIpc) is 2.65. The second kappa shape index (κ2) is 9.53. The maximum absolute atomic E-state index is 11.1. The van der Waals surface area contributed by atoms with Gasteiger partial charge in [0.25, 0.3) is 8.32 Å². The number of hydrogen-bond donors (Lipinski definition) is 1. The Labute approximate surface area is 170 Å². The molecule has 0 unspecified atom stereocenters. The standard InChI is InChI=1S/C24H34O3Si/c1-19(18-20(2)23(25)26)16-17-27-28(24(3,4)5,21-12-8-6-9-13-21)22-14-10-7-11-15-22/h6-15,19-20H,16-18H2,1-5H3,(H,25,26)/t19-,20-/m1/s1. The highest BCUT2D eigenvalue weighted by molar-refractivity contribution is 6.99. The van der Waals surface area contributed by atoms with Crippen LogP contribution in [0.1, 0.15) is 47.5 Å². The van der Waals surface area contributed by atoms with Crippen LogP contribution in [0.25, 0.3) is 0 Å². The molecule has 4 heteroatoms. The van der Waals surface area contributed by atoms with Crippen molar-refractivity contribution in [1.29, 1.82) is 0 Å². The highest BCUT2D eigenvalue weighted by Crippen LogP contribution is 2.37. The van der Waals surface area contributed by atoms with E-state index in [0.29, 0.717) is 18.9 Å². The summed E-state index contributed by atoms with van der Waals surface area (Å²) < 4.78 is 6.87. The van der Waals surface area contributed by atoms with Gasteiger partial charge >= 0.3 is 5.97 Å². The Kier molecular flexibility index (Phi) is 7.61. The van der Waals surface area contributed by atoms with Crippen molar-refractivity contribution in [3.63, 3.8) is 0 Å². The van der Waals surface area contributed by atoms with E-state index in [1.54, 1.807) is 6.92 Å². The van der Waals surface area contributed by atoms with Gasteiger partial charge in [-0.3, -0.25) is 4.79 Å². The van der Waals surface area contributed by atoms with Gasteiger partial charge < -0.3 is 9.53 Å². The van der Waals surface area contributed by atoms with Crippen LogP contribution >= 0.6 is 0 Å². The summed E-state index contributed by atoms with van der Waals surface area (Å²) in [5, 5.41) is 11.7. The molecule has 3 nitrogen and oxygen atoms in total. The van der Waals surface area contributed by atoms with Crippen LogP contribution < -0.4 is 10.4 Å². The average molecular weight is 399 g/mol. The lowest BCUT2D eigenvalue weighted by molar-refractivity contribution is -0.141. The highest BCUT2D eigenvalue weighted by atomic mass is 28.4. The molecule has 0 heterocycles. The first kappa shape index (κ1) is 22.4. The minimum absolute atomic E-state index is 0.0344. The van der Waals surface area contributed by atoms with Gasteiger partial charge in [-0.1, -0.05) is 95.3 Å². The Bertz CT molecular complexity index is 698. The molecule has 0 amide bonds. The first-order chi connectivity index (χ1) is 13.2. The predicted octanol–water partition coefficient (Wildman–Crippen LogP) is 4.70. The van der Waals surface area contributed by atoms with Gasteiger partial charge in [-0.15, -0.1) is 0 Å². The number of rotatable bonds is 9. The largest absolute Gasteiger partial charge is 0.481 e. The van der Waals surface area contributed by atoms with Crippen LogP contribution in [0.4, 0.5) is 0 Å². The summed E-state index contributed by atoms with van der Waals surface area (Å²) in [5.41, 5.74) is 0. The van der Waals surface area contributed by atoms with Gasteiger partial charge in [-0.25, -0.2) is 0 Å². The van der Waals surface area contributed by atoms with E-state index in [0.717, 1.165) is 6.42 Å². The fourth-order valence-corrected chi connectivity index (χ4v) is 8.58. The van der Waals surface area contributed by atoms with Crippen molar-refractivity contribution < 1.29 is 14.3 Å². The molecule has 0 saturated heterocycles. The molecule has 0 aliphatic heterocycles. The lowest BCUT2D eigenvalue weighted by Gasteiger charge is -2.43. The number of benzene rings is 2. The molecule has 2 aromatic rings. The molecule has 2 rings (SSSR count). The highest BCUT2D eigenvalue weighted by Gasteiger charge is 2.49. The topological polar surface area (TPSA) is 46.5 Å². The van der Waals surface area contributed by atoms with E-state index in [4.69, 9.17) is 9.53 Å². The van der Waals surface area contributed by atoms with Crippen LogP contribution in [0.15, 0.2) is 60.7 Å². The van der Waals surface area contributed by atoms with Crippen LogP contribution in [0.5, 0.6) is 0 Å².